The molecule has 0 spiro atoms. The Morgan fingerprint density at radius 3 is 1.89 bits per heavy atom. The zero-order chi connectivity index (χ0) is 12.9. The molecule has 1 heterocycles. The summed E-state index contributed by atoms with van der Waals surface area (Å²) in [5.41, 5.74) is 0. The van der Waals surface area contributed by atoms with Gasteiger partial charge in [-0.3, -0.25) is 0 Å². The first-order valence-electron chi connectivity index (χ1n) is 5.95. The third-order valence-electron chi connectivity index (χ3n) is 2.61. The quantitative estimate of drug-likeness (QED) is 0.665. The Morgan fingerprint density at radius 2 is 1.42 bits per heavy atom. The van der Waals surface area contributed by atoms with Crippen molar-refractivity contribution in [2.24, 2.45) is 4.74 Å². The van der Waals surface area contributed by atoms with Crippen molar-refractivity contribution in [2.45, 2.75) is 0 Å². The van der Waals surface area contributed by atoms with Crippen LogP contribution in [0.2, 0.25) is 0 Å². The molecule has 4 heteroatoms. The molecular formula is C15H12N2PS+. The fraction of sp³-hybridized carbons (Fsp3) is 0. The second-order valence-corrected chi connectivity index (χ2v) is 6.63. The molecule has 1 aromatic heterocycles. The zero-order valence-electron chi connectivity index (χ0n) is 10.2. The van der Waals surface area contributed by atoms with Gasteiger partial charge in [-0.1, -0.05) is 47.7 Å². The van der Waals surface area contributed by atoms with Gasteiger partial charge in [-0.25, -0.2) is 4.98 Å². The van der Waals surface area contributed by atoms with Crippen LogP contribution in [0.25, 0.3) is 0 Å². The minimum absolute atomic E-state index is 0.729. The van der Waals surface area contributed by atoms with Crippen LogP contribution in [0.1, 0.15) is 0 Å². The van der Waals surface area contributed by atoms with Crippen LogP contribution in [0.5, 0.6) is 0 Å². The summed E-state index contributed by atoms with van der Waals surface area (Å²) in [5, 5.41) is 5.30. The first-order chi connectivity index (χ1) is 9.43. The Balaban J connectivity index is 2.12. The van der Waals surface area contributed by atoms with Gasteiger partial charge in [0.25, 0.3) is 12.8 Å². The minimum Gasteiger partial charge on any atom is -0.224 e. The van der Waals surface area contributed by atoms with Gasteiger partial charge < -0.3 is 0 Å². The molecule has 0 saturated carbocycles. The van der Waals surface area contributed by atoms with E-state index in [-0.39, 0.29) is 0 Å². The fourth-order valence-corrected chi connectivity index (χ4v) is 4.21. The van der Waals surface area contributed by atoms with Crippen molar-refractivity contribution in [3.8, 4) is 0 Å². The highest BCUT2D eigenvalue weighted by Crippen LogP contribution is 2.31. The molecule has 3 rings (SSSR count). The van der Waals surface area contributed by atoms with Crippen LogP contribution in [0.4, 0.5) is 5.13 Å². The summed E-state index contributed by atoms with van der Waals surface area (Å²) in [6.45, 7) is 0. The van der Waals surface area contributed by atoms with E-state index in [0.717, 1.165) is 5.13 Å². The van der Waals surface area contributed by atoms with Gasteiger partial charge in [0.1, 0.15) is 0 Å². The van der Waals surface area contributed by atoms with Gasteiger partial charge in [-0.2, -0.15) is 0 Å². The molecule has 2 aromatic carbocycles. The third-order valence-corrected chi connectivity index (χ3v) is 5.37. The number of nitrogens with zero attached hydrogens (tertiary/aromatic N) is 2. The Kier molecular flexibility index (Phi) is 3.78. The lowest BCUT2D eigenvalue weighted by Crippen LogP contribution is -2.05. The van der Waals surface area contributed by atoms with E-state index in [4.69, 9.17) is 4.74 Å². The molecule has 3 aromatic rings. The lowest BCUT2D eigenvalue weighted by atomic mass is 10.4. The Labute approximate surface area is 117 Å². The highest BCUT2D eigenvalue weighted by molar-refractivity contribution is 7.64. The van der Waals surface area contributed by atoms with Gasteiger partial charge in [0.15, 0.2) is 10.6 Å². The normalized spacial score (nSPS) is 10.1. The van der Waals surface area contributed by atoms with Crippen molar-refractivity contribution in [1.29, 1.82) is 0 Å². The molecule has 0 aliphatic rings. The maximum atomic E-state index is 4.83. The van der Waals surface area contributed by atoms with E-state index in [1.165, 1.54) is 10.6 Å². The molecule has 19 heavy (non-hydrogen) atoms. The van der Waals surface area contributed by atoms with Gasteiger partial charge in [-0.15, -0.1) is 0 Å². The summed E-state index contributed by atoms with van der Waals surface area (Å²) in [6.07, 6.45) is 1.80. The van der Waals surface area contributed by atoms with Crippen molar-refractivity contribution in [3.63, 3.8) is 0 Å². The summed E-state index contributed by atoms with van der Waals surface area (Å²) in [5.74, 6) is 0. The van der Waals surface area contributed by atoms with E-state index in [1.54, 1.807) is 17.5 Å². The van der Waals surface area contributed by atoms with Crippen LogP contribution >= 0.6 is 19.1 Å². The van der Waals surface area contributed by atoms with E-state index < -0.39 is 7.71 Å². The van der Waals surface area contributed by atoms with E-state index in [1.807, 2.05) is 17.5 Å². The minimum atomic E-state index is -0.729. The smallest absolute Gasteiger partial charge is 0.224 e. The summed E-state index contributed by atoms with van der Waals surface area (Å²) >= 11 is 1.58. The molecule has 0 bridgehead atoms. The lowest BCUT2D eigenvalue weighted by molar-refractivity contribution is 1.37. The molecular weight excluding hydrogens is 271 g/mol. The number of hydrogen-bond donors (Lipinski definition) is 0. The van der Waals surface area contributed by atoms with Crippen molar-refractivity contribution in [2.75, 3.05) is 0 Å². The summed E-state index contributed by atoms with van der Waals surface area (Å²) < 4.78 is 4.83. The second kappa shape index (κ2) is 5.87. The van der Waals surface area contributed by atoms with Crippen LogP contribution in [-0.4, -0.2) is 4.98 Å². The highest BCUT2D eigenvalue weighted by atomic mass is 32.1. The topological polar surface area (TPSA) is 25.2 Å². The predicted molar refractivity (Wildman–Crippen MR) is 83.3 cm³/mol. The van der Waals surface area contributed by atoms with Crippen molar-refractivity contribution >= 4 is 34.8 Å². The molecule has 0 unspecified atom stereocenters. The number of hydrogen-bond acceptors (Lipinski definition) is 3. The Morgan fingerprint density at radius 1 is 0.842 bits per heavy atom. The first kappa shape index (κ1) is 12.2. The van der Waals surface area contributed by atoms with Crippen molar-refractivity contribution in [3.05, 3.63) is 72.2 Å². The molecule has 0 aliphatic heterocycles. The summed E-state index contributed by atoms with van der Waals surface area (Å²) in [6, 6.07) is 20.8. The zero-order valence-corrected chi connectivity index (χ0v) is 11.9. The van der Waals surface area contributed by atoms with E-state index in [0.29, 0.717) is 0 Å². The molecule has 92 valence electrons. The van der Waals surface area contributed by atoms with Gasteiger partial charge in [0.05, 0.1) is 0 Å². The Bertz CT molecular complexity index is 622. The fourth-order valence-electron chi connectivity index (χ4n) is 1.75. The van der Waals surface area contributed by atoms with E-state index >= 15 is 0 Å². The van der Waals surface area contributed by atoms with Crippen molar-refractivity contribution < 1.29 is 0 Å². The lowest BCUT2D eigenvalue weighted by Gasteiger charge is -1.93. The van der Waals surface area contributed by atoms with Crippen LogP contribution in [0.3, 0.4) is 0 Å². The average Bonchev–Trinajstić information content (AvgIpc) is 3.00. The van der Waals surface area contributed by atoms with E-state index in [9.17, 15) is 0 Å². The van der Waals surface area contributed by atoms with Crippen LogP contribution < -0.4 is 10.6 Å². The average molecular weight is 283 g/mol. The molecule has 0 atom stereocenters. The standard InChI is InChI=1S/C15H12N2PS/c1-3-7-13(8-4-1)18(14-9-5-2-6-10-14)17-15-16-11-12-19-15/h1-12H/q+1. The third kappa shape index (κ3) is 2.95. The maximum Gasteiger partial charge on any atom is 0.285 e. The van der Waals surface area contributed by atoms with Crippen LogP contribution in [0.15, 0.2) is 77.0 Å². The predicted octanol–water partition coefficient (Wildman–Crippen LogP) is 4.09. The molecule has 0 aliphatic carbocycles. The molecule has 0 fully saturated rings. The molecule has 0 N–H and O–H groups in total. The summed E-state index contributed by atoms with van der Waals surface area (Å²) in [7, 11) is -0.729. The number of aromatic nitrogens is 1. The first-order valence-corrected chi connectivity index (χ1v) is 8.12. The van der Waals surface area contributed by atoms with Crippen LogP contribution in [0, 0.1) is 0 Å². The summed E-state index contributed by atoms with van der Waals surface area (Å²) in [4.78, 5) is 4.28. The second-order valence-electron chi connectivity index (χ2n) is 3.90. The van der Waals surface area contributed by atoms with Gasteiger partial charge >= 0.3 is 0 Å². The largest absolute Gasteiger partial charge is 0.285 e. The highest BCUT2D eigenvalue weighted by Gasteiger charge is 2.21. The molecule has 0 radical (unpaired) electrons. The van der Waals surface area contributed by atoms with Crippen LogP contribution in [-0.2, 0) is 0 Å². The molecule has 2 nitrogen and oxygen atoms in total. The number of rotatable bonds is 3. The number of thiazole rings is 1. The Hall–Kier alpha value is -1.83. The SMILES string of the molecule is c1ccc([P+](=Nc2nccs2)c2ccccc2)cc1. The van der Waals surface area contributed by atoms with Crippen molar-refractivity contribution in [1.82, 2.24) is 4.98 Å². The maximum absolute atomic E-state index is 4.83. The molecule has 0 saturated heterocycles. The van der Waals surface area contributed by atoms with Gasteiger partial charge in [0, 0.05) is 11.6 Å². The number of benzene rings is 2. The van der Waals surface area contributed by atoms with Gasteiger partial charge in [0.2, 0.25) is 0 Å². The molecule has 0 amide bonds. The van der Waals surface area contributed by atoms with Gasteiger partial charge in [-0.05, 0) is 29.0 Å². The van der Waals surface area contributed by atoms with E-state index in [2.05, 4.69) is 53.5 Å². The monoisotopic (exact) mass is 283 g/mol.